The maximum absolute atomic E-state index is 12.9. The van der Waals surface area contributed by atoms with Crippen LogP contribution in [0.1, 0.15) is 123 Å². The average Bonchev–Trinajstić information content (AvgIpc) is 1.59. The van der Waals surface area contributed by atoms with Gasteiger partial charge >= 0.3 is 23.9 Å². The molecule has 14 N–H and O–H groups in total. The smallest absolute Gasteiger partial charge is 0.326 e. The van der Waals surface area contributed by atoms with Crippen molar-refractivity contribution in [1.82, 2.24) is 42.5 Å². The normalized spacial score (nSPS) is 15.7. The number of anilines is 1. The number of carboxylic acids is 3. The van der Waals surface area contributed by atoms with Crippen molar-refractivity contribution in [3.8, 4) is 0 Å². The Morgan fingerprint density at radius 2 is 1.16 bits per heavy atom. The number of nitrogens with one attached hydrogen (secondary N) is 8. The van der Waals surface area contributed by atoms with Crippen LogP contribution in [0.2, 0.25) is 0 Å². The lowest BCUT2D eigenvalue weighted by atomic mass is 9.79. The van der Waals surface area contributed by atoms with E-state index < -0.39 is 104 Å². The number of thioether (sulfide) groups is 1. The van der Waals surface area contributed by atoms with Crippen LogP contribution >= 0.6 is 11.8 Å². The van der Waals surface area contributed by atoms with E-state index in [1.165, 1.54) is 23.4 Å². The molecular formula is C67H91N10O17S+. The van der Waals surface area contributed by atoms with Gasteiger partial charge in [0.1, 0.15) is 36.8 Å². The Kier molecular flexibility index (Phi) is 30.5. The van der Waals surface area contributed by atoms with E-state index in [-0.39, 0.29) is 59.3 Å². The quantitative estimate of drug-likeness (QED) is 0.0221. The van der Waals surface area contributed by atoms with Gasteiger partial charge < -0.3 is 78.1 Å². The fraction of sp³-hybridized carbons (Fsp3) is 0.493. The van der Waals surface area contributed by atoms with Crippen LogP contribution in [0.25, 0.3) is 10.8 Å². The first kappa shape index (κ1) is 76.7. The summed E-state index contributed by atoms with van der Waals surface area (Å²) >= 11 is 0.681. The number of para-hydroxylation sites is 1. The molecule has 0 saturated carbocycles. The van der Waals surface area contributed by atoms with Gasteiger partial charge in [-0.2, -0.15) is 4.58 Å². The molecule has 3 aromatic carbocycles. The summed E-state index contributed by atoms with van der Waals surface area (Å²) in [6.07, 6.45) is 14.2. The largest absolute Gasteiger partial charge is 0.481 e. The number of urea groups is 1. The van der Waals surface area contributed by atoms with E-state index in [0.29, 0.717) is 70.0 Å². The van der Waals surface area contributed by atoms with Gasteiger partial charge in [0.25, 0.3) is 0 Å². The molecule has 3 aromatic rings. The number of carboxylic acid groups (broad SMARTS) is 3. The molecule has 516 valence electrons. The number of hydrogen-bond acceptors (Lipinski definition) is 16. The number of nitrogens with zero attached hydrogens (tertiary/aromatic N) is 2. The zero-order valence-electron chi connectivity index (χ0n) is 54.4. The minimum atomic E-state index is -1.64. The van der Waals surface area contributed by atoms with Crippen molar-refractivity contribution < 1.29 is 88.0 Å². The van der Waals surface area contributed by atoms with Gasteiger partial charge in [-0.05, 0) is 99.8 Å². The molecule has 0 radical (unpaired) electrons. The highest BCUT2D eigenvalue weighted by molar-refractivity contribution is 8.14. The van der Waals surface area contributed by atoms with Crippen LogP contribution in [-0.4, -0.2) is 194 Å². The number of amides is 8. The predicted octanol–water partition coefficient (Wildman–Crippen LogP) is 3.04. The molecular weight excluding hydrogens is 1250 g/mol. The maximum Gasteiger partial charge on any atom is 0.326 e. The van der Waals surface area contributed by atoms with E-state index in [0.717, 1.165) is 47.4 Å². The van der Waals surface area contributed by atoms with E-state index in [1.807, 2.05) is 24.3 Å². The van der Waals surface area contributed by atoms with Crippen molar-refractivity contribution in [3.05, 3.63) is 108 Å². The van der Waals surface area contributed by atoms with Crippen LogP contribution in [0.3, 0.4) is 0 Å². The first-order valence-electron chi connectivity index (χ1n) is 31.8. The number of fused-ring (bicyclic) bond motifs is 4. The highest BCUT2D eigenvalue weighted by Gasteiger charge is 2.45. The molecule has 27 nitrogen and oxygen atoms in total. The van der Waals surface area contributed by atoms with E-state index in [2.05, 4.69) is 146 Å². The van der Waals surface area contributed by atoms with Gasteiger partial charge in [-0.15, -0.1) is 0 Å². The van der Waals surface area contributed by atoms with Crippen molar-refractivity contribution >= 4 is 104 Å². The second-order valence-corrected chi connectivity index (χ2v) is 25.2. The third kappa shape index (κ3) is 22.9. The number of aliphatic hydroxyl groups excluding tert-OH is 3. The number of aliphatic carboxylic acids is 3. The monoisotopic (exact) mass is 1340 g/mol. The Bertz CT molecular complexity index is 3380. The van der Waals surface area contributed by atoms with Crippen molar-refractivity contribution in [2.75, 3.05) is 63.2 Å². The molecule has 2 aliphatic heterocycles. The van der Waals surface area contributed by atoms with E-state index in [9.17, 15) is 78.3 Å². The van der Waals surface area contributed by atoms with Gasteiger partial charge in [0.05, 0.1) is 31.0 Å². The third-order valence-corrected chi connectivity index (χ3v) is 17.1. The summed E-state index contributed by atoms with van der Waals surface area (Å²) < 4.78 is 2.38. The molecule has 8 amide bonds. The number of allylic oxidation sites excluding steroid dienone is 6. The lowest BCUT2D eigenvalue weighted by molar-refractivity contribution is -0.438. The van der Waals surface area contributed by atoms with Gasteiger partial charge in [-0.25, -0.2) is 14.4 Å². The van der Waals surface area contributed by atoms with Gasteiger partial charge in [0.2, 0.25) is 41.1 Å². The van der Waals surface area contributed by atoms with Crippen LogP contribution in [0.15, 0.2) is 96.7 Å². The van der Waals surface area contributed by atoms with Gasteiger partial charge in [0, 0.05) is 93.3 Å². The van der Waals surface area contributed by atoms with Crippen molar-refractivity contribution in [1.29, 1.82) is 0 Å². The molecule has 0 saturated heterocycles. The van der Waals surface area contributed by atoms with Crippen LogP contribution in [0.5, 0.6) is 0 Å². The van der Waals surface area contributed by atoms with Gasteiger partial charge in [0.15, 0.2) is 10.8 Å². The van der Waals surface area contributed by atoms with Crippen LogP contribution in [-0.2, 0) is 58.8 Å². The topological polar surface area (TPSA) is 412 Å². The standard InChI is InChI=1S/C67H90N10O17S/c1-42(81)95-41-57(84)71-49(39-79)61(88)73-50(40-80)62(89)72-48(38-78)60(87)70-35-32-56(83)69-34-17-19-37-76-51-24-14-13-22-45(51)66(2,3)53(76)25-8-6-9-26-54-67(4,5)59-44-21-12-11-20-43(44)28-30-52(59)77(54)36-18-7-10-27-55(82)68-33-16-15-23-46(63(90)91)74-65(94)75-47(64(92)93)29-31-58(85)86/h6,8-9,11-14,20-22,24-26,28,30,46-50,78-80H,7,10,15-19,23,27,29,31-41H2,1-5H3,(H10-,68,69,70,71,72,73,74,75,82,83,84,85,86,87,88,89,90,91,92,93,94)/p+1/t46-,47-,48+,49+,50+/m0/s1. The SMILES string of the molecule is CC(=O)SCC(=O)N[C@H](CO)C(=O)N[C@H](CO)C(=O)N[C@H](CO)C(=O)NCCC(=O)NCCCCN1/C(=C/C=C/C=C/C2=[N+](CCCCCC(=O)NCCCC[C@H](NC(=O)N[C@@H](CCC(=O)O)C(=O)O)C(=O)O)c3ccc4ccccc4c3C2(C)C)C(C)(C)c2ccccc21. The molecule has 2 heterocycles. The summed E-state index contributed by atoms with van der Waals surface area (Å²) in [6, 6.07) is 12.4. The van der Waals surface area contributed by atoms with E-state index >= 15 is 0 Å². The Morgan fingerprint density at radius 1 is 0.558 bits per heavy atom. The van der Waals surface area contributed by atoms with E-state index in [4.69, 9.17) is 5.11 Å². The second kappa shape index (κ2) is 37.8. The summed E-state index contributed by atoms with van der Waals surface area (Å²) in [7, 11) is 0. The Balaban J connectivity index is 1.11. The minimum absolute atomic E-state index is 0.0168. The zero-order valence-corrected chi connectivity index (χ0v) is 55.2. The summed E-state index contributed by atoms with van der Waals surface area (Å²) in [5.74, 6) is -8.48. The molecule has 0 bridgehead atoms. The Hall–Kier alpha value is -8.99. The first-order chi connectivity index (χ1) is 45.2. The molecule has 0 fully saturated rings. The number of aliphatic hydroxyl groups is 3. The zero-order chi connectivity index (χ0) is 69.8. The van der Waals surface area contributed by atoms with Crippen LogP contribution in [0, 0.1) is 0 Å². The van der Waals surface area contributed by atoms with Gasteiger partial charge in [-0.3, -0.25) is 38.4 Å². The van der Waals surface area contributed by atoms with Crippen molar-refractivity contribution in [3.63, 3.8) is 0 Å². The number of benzene rings is 3. The molecule has 0 spiro atoms. The highest BCUT2D eigenvalue weighted by Crippen LogP contribution is 2.48. The van der Waals surface area contributed by atoms with E-state index in [1.54, 1.807) is 0 Å². The number of rotatable bonds is 40. The summed E-state index contributed by atoms with van der Waals surface area (Å²) in [5, 5.41) is 78.3. The highest BCUT2D eigenvalue weighted by atomic mass is 32.2. The molecule has 5 rings (SSSR count). The molecule has 0 aromatic heterocycles. The molecule has 0 aliphatic carbocycles. The predicted molar refractivity (Wildman–Crippen MR) is 357 cm³/mol. The summed E-state index contributed by atoms with van der Waals surface area (Å²) in [6.45, 7) is 9.34. The molecule has 95 heavy (non-hydrogen) atoms. The minimum Gasteiger partial charge on any atom is -0.481 e. The summed E-state index contributed by atoms with van der Waals surface area (Å²) in [5.41, 5.74) is 6.19. The maximum atomic E-state index is 12.9. The third-order valence-electron chi connectivity index (χ3n) is 16.3. The molecule has 5 atom stereocenters. The fourth-order valence-corrected chi connectivity index (χ4v) is 11.8. The lowest BCUT2D eigenvalue weighted by Gasteiger charge is -2.27. The first-order valence-corrected chi connectivity index (χ1v) is 32.7. The molecule has 0 unspecified atom stereocenters. The number of unbranched alkanes of at least 4 members (excludes halogenated alkanes) is 4. The fourth-order valence-electron chi connectivity index (χ4n) is 11.3. The van der Waals surface area contributed by atoms with Crippen molar-refractivity contribution in [2.45, 2.75) is 153 Å². The summed E-state index contributed by atoms with van der Waals surface area (Å²) in [4.78, 5) is 136. The van der Waals surface area contributed by atoms with Crippen LogP contribution < -0.4 is 47.4 Å². The molecule has 28 heteroatoms. The number of carbonyl (C=O) groups excluding carboxylic acids is 8. The second-order valence-electron chi connectivity index (χ2n) is 24.1. The molecule has 2 aliphatic rings. The van der Waals surface area contributed by atoms with Crippen LogP contribution in [0.4, 0.5) is 16.2 Å². The lowest BCUT2D eigenvalue weighted by Crippen LogP contribution is -2.59. The Morgan fingerprint density at radius 3 is 1.80 bits per heavy atom. The number of hydrogen-bond donors (Lipinski definition) is 14. The van der Waals surface area contributed by atoms with Gasteiger partial charge in [-0.1, -0.05) is 86.3 Å². The Labute approximate surface area is 556 Å². The average molecular weight is 1340 g/mol. The van der Waals surface area contributed by atoms with Crippen molar-refractivity contribution in [2.24, 2.45) is 0 Å². The number of carbonyl (C=O) groups is 11.